The van der Waals surface area contributed by atoms with E-state index in [0.29, 0.717) is 13.0 Å². The molecule has 1 aliphatic heterocycles. The Morgan fingerprint density at radius 1 is 1.11 bits per heavy atom. The van der Waals surface area contributed by atoms with E-state index in [4.69, 9.17) is 4.74 Å². The molecule has 1 fully saturated rings. The molecule has 4 nitrogen and oxygen atoms in total. The van der Waals surface area contributed by atoms with E-state index in [9.17, 15) is 9.59 Å². The maximum atomic E-state index is 12.8. The van der Waals surface area contributed by atoms with Gasteiger partial charge in [-0.25, -0.2) is 4.79 Å². The second-order valence-electron chi connectivity index (χ2n) is 7.50. The highest BCUT2D eigenvalue weighted by Crippen LogP contribution is 2.31. The first-order valence-electron chi connectivity index (χ1n) is 10.2. The zero-order chi connectivity index (χ0) is 19.5. The predicted molar refractivity (Wildman–Crippen MR) is 108 cm³/mol. The first kappa shape index (κ1) is 21.2. The van der Waals surface area contributed by atoms with Crippen molar-refractivity contribution in [2.45, 2.75) is 83.4 Å². The molecule has 0 N–H and O–H groups in total. The number of hydrogen-bond acceptors (Lipinski definition) is 3. The molecule has 0 radical (unpaired) electrons. The molecule has 0 bridgehead atoms. The minimum Gasteiger partial charge on any atom is -0.445 e. The number of Topliss-reactive ketones (excluding diaryl/α,β-unsaturated/α-hetero) is 1. The van der Waals surface area contributed by atoms with Gasteiger partial charge in [-0.2, -0.15) is 0 Å². The predicted octanol–water partition coefficient (Wildman–Crippen LogP) is 5.66. The summed E-state index contributed by atoms with van der Waals surface area (Å²) < 4.78 is 5.61. The molecule has 27 heavy (non-hydrogen) atoms. The number of unbranched alkanes of at least 4 members (excludes halogenated alkanes) is 3. The van der Waals surface area contributed by atoms with Crippen molar-refractivity contribution in [1.29, 1.82) is 0 Å². The number of allylic oxidation sites excluding steroid dienone is 1. The van der Waals surface area contributed by atoms with Gasteiger partial charge >= 0.3 is 6.09 Å². The van der Waals surface area contributed by atoms with E-state index in [1.54, 1.807) is 6.92 Å². The minimum atomic E-state index is -0.235. The average molecular weight is 372 g/mol. The number of ketones is 1. The van der Waals surface area contributed by atoms with Gasteiger partial charge in [-0.15, -0.1) is 6.58 Å². The molecular formula is C23H33NO3. The Labute approximate surface area is 163 Å². The highest BCUT2D eigenvalue weighted by atomic mass is 16.6. The quantitative estimate of drug-likeness (QED) is 0.372. The van der Waals surface area contributed by atoms with Crippen LogP contribution in [0.3, 0.4) is 0 Å². The number of ether oxygens (including phenoxy) is 1. The van der Waals surface area contributed by atoms with E-state index in [0.717, 1.165) is 56.9 Å². The van der Waals surface area contributed by atoms with E-state index < -0.39 is 0 Å². The van der Waals surface area contributed by atoms with Crippen LogP contribution in [0.5, 0.6) is 0 Å². The van der Waals surface area contributed by atoms with Crippen molar-refractivity contribution < 1.29 is 14.3 Å². The lowest BCUT2D eigenvalue weighted by Gasteiger charge is -2.29. The van der Waals surface area contributed by atoms with Crippen molar-refractivity contribution in [2.24, 2.45) is 0 Å². The van der Waals surface area contributed by atoms with Crippen LogP contribution in [0, 0.1) is 0 Å². The number of carbonyl (C=O) groups is 2. The molecule has 0 aliphatic carbocycles. The first-order chi connectivity index (χ1) is 13.1. The molecule has 0 aromatic heterocycles. The summed E-state index contributed by atoms with van der Waals surface area (Å²) >= 11 is 0. The van der Waals surface area contributed by atoms with E-state index in [2.05, 4.69) is 6.58 Å². The topological polar surface area (TPSA) is 46.6 Å². The Bertz CT molecular complexity index is 599. The zero-order valence-electron chi connectivity index (χ0n) is 16.6. The summed E-state index contributed by atoms with van der Waals surface area (Å²) in [5, 5.41) is 0. The lowest BCUT2D eigenvalue weighted by molar-refractivity contribution is -0.117. The summed E-state index contributed by atoms with van der Waals surface area (Å²) in [5.74, 6) is 0.181. The molecule has 1 saturated heterocycles. The molecule has 2 rings (SSSR count). The molecule has 1 aromatic rings. The van der Waals surface area contributed by atoms with Gasteiger partial charge in [-0.3, -0.25) is 0 Å². The molecular weight excluding hydrogens is 338 g/mol. The van der Waals surface area contributed by atoms with Crippen LogP contribution in [0.15, 0.2) is 43.0 Å². The second kappa shape index (κ2) is 11.6. The standard InChI is InChI=1S/C23H33NO3/c1-3-4-5-6-10-13-21-16-17-22(15-14-19(2)25)24(21)23(26)27-18-20-11-8-7-9-12-20/h3,7-9,11-12,21-22H,1,4-6,10,13-18H2,2H3/t21-,22-/m1/s1. The molecule has 1 heterocycles. The van der Waals surface area contributed by atoms with Crippen LogP contribution in [-0.4, -0.2) is 28.9 Å². The molecule has 0 unspecified atom stereocenters. The maximum Gasteiger partial charge on any atom is 0.410 e. The molecule has 0 saturated carbocycles. The van der Waals surface area contributed by atoms with Crippen molar-refractivity contribution in [3.8, 4) is 0 Å². The minimum absolute atomic E-state index is 0.121. The van der Waals surface area contributed by atoms with Gasteiger partial charge in [0.1, 0.15) is 12.4 Å². The lowest BCUT2D eigenvalue weighted by Crippen LogP contribution is -2.41. The van der Waals surface area contributed by atoms with Crippen molar-refractivity contribution in [1.82, 2.24) is 4.90 Å². The Morgan fingerprint density at radius 2 is 1.81 bits per heavy atom. The van der Waals surface area contributed by atoms with Crippen LogP contribution in [0.2, 0.25) is 0 Å². The van der Waals surface area contributed by atoms with Crippen LogP contribution in [-0.2, 0) is 16.1 Å². The Kier molecular flexibility index (Phi) is 9.09. The Hall–Kier alpha value is -2.10. The summed E-state index contributed by atoms with van der Waals surface area (Å²) in [6.07, 6.45) is 10.4. The van der Waals surface area contributed by atoms with Crippen LogP contribution >= 0.6 is 0 Å². The molecule has 1 aromatic carbocycles. The summed E-state index contributed by atoms with van der Waals surface area (Å²) in [4.78, 5) is 26.2. The summed E-state index contributed by atoms with van der Waals surface area (Å²) in [6, 6.07) is 10.1. The number of amides is 1. The van der Waals surface area contributed by atoms with E-state index in [-0.39, 0.29) is 24.0 Å². The van der Waals surface area contributed by atoms with E-state index >= 15 is 0 Å². The largest absolute Gasteiger partial charge is 0.445 e. The van der Waals surface area contributed by atoms with Crippen LogP contribution in [0.1, 0.15) is 70.3 Å². The SMILES string of the molecule is C=CCCCCC[C@@H]1CC[C@@H](CCC(C)=O)N1C(=O)OCc1ccccc1. The molecule has 148 valence electrons. The normalized spacial score (nSPS) is 19.1. The summed E-state index contributed by atoms with van der Waals surface area (Å²) in [6.45, 7) is 5.67. The Balaban J connectivity index is 1.92. The third kappa shape index (κ3) is 7.20. The number of carbonyl (C=O) groups excluding carboxylic acids is 2. The number of benzene rings is 1. The molecule has 2 atom stereocenters. The maximum absolute atomic E-state index is 12.8. The lowest BCUT2D eigenvalue weighted by atomic mass is 10.0. The van der Waals surface area contributed by atoms with Crippen molar-refractivity contribution in [3.63, 3.8) is 0 Å². The fraction of sp³-hybridized carbons (Fsp3) is 0.565. The zero-order valence-corrected chi connectivity index (χ0v) is 16.6. The number of nitrogens with zero attached hydrogens (tertiary/aromatic N) is 1. The summed E-state index contributed by atoms with van der Waals surface area (Å²) in [5.41, 5.74) is 0.992. The van der Waals surface area contributed by atoms with Crippen molar-refractivity contribution in [3.05, 3.63) is 48.6 Å². The van der Waals surface area contributed by atoms with Crippen molar-refractivity contribution in [2.75, 3.05) is 0 Å². The highest BCUT2D eigenvalue weighted by Gasteiger charge is 2.37. The highest BCUT2D eigenvalue weighted by molar-refractivity contribution is 5.75. The monoisotopic (exact) mass is 371 g/mol. The van der Waals surface area contributed by atoms with Gasteiger partial charge in [-0.1, -0.05) is 49.2 Å². The average Bonchev–Trinajstić information content (AvgIpc) is 3.08. The molecule has 1 amide bonds. The second-order valence-corrected chi connectivity index (χ2v) is 7.50. The fourth-order valence-electron chi connectivity index (χ4n) is 3.84. The van der Waals surface area contributed by atoms with Gasteiger partial charge in [-0.05, 0) is 51.0 Å². The van der Waals surface area contributed by atoms with Crippen LogP contribution < -0.4 is 0 Å². The summed E-state index contributed by atoms with van der Waals surface area (Å²) in [7, 11) is 0. The van der Waals surface area contributed by atoms with E-state index in [1.807, 2.05) is 41.3 Å². The van der Waals surface area contributed by atoms with Gasteiger partial charge < -0.3 is 14.4 Å². The van der Waals surface area contributed by atoms with Crippen LogP contribution in [0.25, 0.3) is 0 Å². The van der Waals surface area contributed by atoms with Gasteiger partial charge in [0, 0.05) is 18.5 Å². The smallest absolute Gasteiger partial charge is 0.410 e. The molecule has 1 aliphatic rings. The van der Waals surface area contributed by atoms with Gasteiger partial charge in [0.05, 0.1) is 0 Å². The Morgan fingerprint density at radius 3 is 2.48 bits per heavy atom. The number of rotatable bonds is 11. The fourth-order valence-corrected chi connectivity index (χ4v) is 3.84. The van der Waals surface area contributed by atoms with Gasteiger partial charge in [0.15, 0.2) is 0 Å². The van der Waals surface area contributed by atoms with Gasteiger partial charge in [0.2, 0.25) is 0 Å². The van der Waals surface area contributed by atoms with Gasteiger partial charge in [0.25, 0.3) is 0 Å². The third-order valence-electron chi connectivity index (χ3n) is 5.31. The van der Waals surface area contributed by atoms with Crippen molar-refractivity contribution >= 4 is 11.9 Å². The third-order valence-corrected chi connectivity index (χ3v) is 5.31. The van der Waals surface area contributed by atoms with Crippen LogP contribution in [0.4, 0.5) is 4.79 Å². The molecule has 0 spiro atoms. The van der Waals surface area contributed by atoms with E-state index in [1.165, 1.54) is 0 Å². The molecule has 4 heteroatoms. The first-order valence-corrected chi connectivity index (χ1v) is 10.2. The number of likely N-dealkylation sites (tertiary alicyclic amines) is 1. The number of hydrogen-bond donors (Lipinski definition) is 0.